The van der Waals surface area contributed by atoms with Crippen LogP contribution in [0.2, 0.25) is 0 Å². The van der Waals surface area contributed by atoms with Crippen molar-refractivity contribution in [2.75, 3.05) is 13.2 Å². The van der Waals surface area contributed by atoms with Crippen molar-refractivity contribution in [2.24, 2.45) is 17.6 Å². The van der Waals surface area contributed by atoms with Crippen molar-refractivity contribution in [1.29, 1.82) is 0 Å². The lowest BCUT2D eigenvalue weighted by molar-refractivity contribution is 0.278. The van der Waals surface area contributed by atoms with Gasteiger partial charge in [0.25, 0.3) is 0 Å². The molecule has 1 aromatic rings. The van der Waals surface area contributed by atoms with Crippen molar-refractivity contribution in [1.82, 2.24) is 0 Å². The SMILES string of the molecule is NCC1CCC(Cc2ccc(CCO)cc2)CC1. The lowest BCUT2D eigenvalue weighted by Gasteiger charge is -2.27. The molecule has 3 N–H and O–H groups in total. The zero-order chi connectivity index (χ0) is 12.8. The minimum absolute atomic E-state index is 0.239. The van der Waals surface area contributed by atoms with Gasteiger partial charge >= 0.3 is 0 Å². The summed E-state index contributed by atoms with van der Waals surface area (Å²) in [7, 11) is 0. The number of aliphatic hydroxyl groups excluding tert-OH is 1. The third-order valence-electron chi connectivity index (χ3n) is 4.25. The Morgan fingerprint density at radius 1 is 0.944 bits per heavy atom. The predicted molar refractivity (Wildman–Crippen MR) is 75.4 cm³/mol. The fraction of sp³-hybridized carbons (Fsp3) is 0.625. The molecule has 2 heteroatoms. The van der Waals surface area contributed by atoms with Crippen molar-refractivity contribution in [3.05, 3.63) is 35.4 Å². The van der Waals surface area contributed by atoms with Crippen LogP contribution in [0.25, 0.3) is 0 Å². The summed E-state index contributed by atoms with van der Waals surface area (Å²) in [4.78, 5) is 0. The van der Waals surface area contributed by atoms with E-state index in [2.05, 4.69) is 24.3 Å². The molecule has 0 spiro atoms. The number of hydrogen-bond acceptors (Lipinski definition) is 2. The monoisotopic (exact) mass is 247 g/mol. The highest BCUT2D eigenvalue weighted by atomic mass is 16.2. The molecule has 1 fully saturated rings. The highest BCUT2D eigenvalue weighted by molar-refractivity contribution is 5.23. The van der Waals surface area contributed by atoms with Gasteiger partial charge in [0.1, 0.15) is 0 Å². The maximum atomic E-state index is 8.89. The highest BCUT2D eigenvalue weighted by Gasteiger charge is 2.20. The summed E-state index contributed by atoms with van der Waals surface area (Å²) in [6.45, 7) is 1.10. The van der Waals surface area contributed by atoms with E-state index in [1.165, 1.54) is 43.2 Å². The molecule has 2 rings (SSSR count). The molecule has 0 aromatic heterocycles. The summed E-state index contributed by atoms with van der Waals surface area (Å²) >= 11 is 0. The normalized spacial score (nSPS) is 24.1. The smallest absolute Gasteiger partial charge is 0.0471 e. The summed E-state index contributed by atoms with van der Waals surface area (Å²) in [5.41, 5.74) is 8.39. The molecule has 0 atom stereocenters. The molecule has 18 heavy (non-hydrogen) atoms. The van der Waals surface area contributed by atoms with Crippen molar-refractivity contribution in [3.8, 4) is 0 Å². The topological polar surface area (TPSA) is 46.2 Å². The molecular formula is C16H25NO. The molecule has 0 unspecified atom stereocenters. The van der Waals surface area contributed by atoms with Crippen LogP contribution in [0.3, 0.4) is 0 Å². The van der Waals surface area contributed by atoms with Crippen molar-refractivity contribution >= 4 is 0 Å². The lowest BCUT2D eigenvalue weighted by Crippen LogP contribution is -2.22. The summed E-state index contributed by atoms with van der Waals surface area (Å²) in [6, 6.07) is 8.74. The molecule has 0 heterocycles. The third-order valence-corrected chi connectivity index (χ3v) is 4.25. The third kappa shape index (κ3) is 3.82. The van der Waals surface area contributed by atoms with Gasteiger partial charge in [-0.3, -0.25) is 0 Å². The first-order chi connectivity index (χ1) is 8.81. The zero-order valence-corrected chi connectivity index (χ0v) is 11.1. The maximum Gasteiger partial charge on any atom is 0.0471 e. The lowest BCUT2D eigenvalue weighted by atomic mass is 9.79. The summed E-state index contributed by atoms with van der Waals surface area (Å²) in [6.07, 6.45) is 7.26. The molecule has 0 bridgehead atoms. The average Bonchev–Trinajstić information content (AvgIpc) is 2.42. The fourth-order valence-corrected chi connectivity index (χ4v) is 2.98. The largest absolute Gasteiger partial charge is 0.396 e. The van der Waals surface area contributed by atoms with Crippen LogP contribution in [0.4, 0.5) is 0 Å². The second kappa shape index (κ2) is 6.91. The van der Waals surface area contributed by atoms with Crippen LogP contribution in [-0.4, -0.2) is 18.3 Å². The van der Waals surface area contributed by atoms with Crippen LogP contribution < -0.4 is 5.73 Å². The number of aliphatic hydroxyl groups is 1. The van der Waals surface area contributed by atoms with E-state index in [-0.39, 0.29) is 6.61 Å². The number of hydrogen-bond donors (Lipinski definition) is 2. The van der Waals surface area contributed by atoms with E-state index < -0.39 is 0 Å². The van der Waals surface area contributed by atoms with Gasteiger partial charge in [-0.15, -0.1) is 0 Å². The Bertz CT molecular complexity index is 339. The quantitative estimate of drug-likeness (QED) is 0.840. The van der Waals surface area contributed by atoms with Gasteiger partial charge in [-0.25, -0.2) is 0 Å². The van der Waals surface area contributed by atoms with E-state index in [4.69, 9.17) is 10.8 Å². The van der Waals surface area contributed by atoms with Gasteiger partial charge in [0.2, 0.25) is 0 Å². The predicted octanol–water partition coefficient (Wildman–Crippen LogP) is 2.53. The summed E-state index contributed by atoms with van der Waals surface area (Å²) in [5, 5.41) is 8.89. The first kappa shape index (κ1) is 13.6. The van der Waals surface area contributed by atoms with Crippen LogP contribution in [0.15, 0.2) is 24.3 Å². The van der Waals surface area contributed by atoms with E-state index in [0.29, 0.717) is 0 Å². The molecule has 1 aliphatic carbocycles. The van der Waals surface area contributed by atoms with Crippen LogP contribution in [0.1, 0.15) is 36.8 Å². The molecular weight excluding hydrogens is 222 g/mol. The van der Waals surface area contributed by atoms with Gasteiger partial charge in [0.15, 0.2) is 0 Å². The highest BCUT2D eigenvalue weighted by Crippen LogP contribution is 2.30. The minimum atomic E-state index is 0.239. The van der Waals surface area contributed by atoms with Crippen LogP contribution in [0.5, 0.6) is 0 Å². The second-order valence-electron chi connectivity index (χ2n) is 5.62. The van der Waals surface area contributed by atoms with Gasteiger partial charge in [0, 0.05) is 6.61 Å². The minimum Gasteiger partial charge on any atom is -0.396 e. The standard InChI is InChI=1S/C16H25NO/c17-12-16-7-5-15(6-8-16)11-14-3-1-13(2-4-14)9-10-18/h1-4,15-16,18H,5-12,17H2. The Labute approximate surface area is 110 Å². The Kier molecular flexibility index (Phi) is 5.21. The van der Waals surface area contributed by atoms with Gasteiger partial charge in [-0.1, -0.05) is 24.3 Å². The fourth-order valence-electron chi connectivity index (χ4n) is 2.98. The van der Waals surface area contributed by atoms with Crippen LogP contribution >= 0.6 is 0 Å². The molecule has 0 saturated heterocycles. The Balaban J connectivity index is 1.82. The van der Waals surface area contributed by atoms with Gasteiger partial charge in [-0.2, -0.15) is 0 Å². The molecule has 0 amide bonds. The molecule has 1 aromatic carbocycles. The molecule has 0 aliphatic heterocycles. The summed E-state index contributed by atoms with van der Waals surface area (Å²) in [5.74, 6) is 1.62. The van der Waals surface area contributed by atoms with Crippen molar-refractivity contribution in [3.63, 3.8) is 0 Å². The second-order valence-corrected chi connectivity index (χ2v) is 5.62. The average molecular weight is 247 g/mol. The molecule has 1 saturated carbocycles. The van der Waals surface area contributed by atoms with Crippen LogP contribution in [-0.2, 0) is 12.8 Å². The van der Waals surface area contributed by atoms with E-state index in [0.717, 1.165) is 24.8 Å². The number of rotatable bonds is 5. The van der Waals surface area contributed by atoms with Crippen LogP contribution in [0, 0.1) is 11.8 Å². The molecule has 1 aliphatic rings. The van der Waals surface area contributed by atoms with Gasteiger partial charge in [-0.05, 0) is 68.0 Å². The van der Waals surface area contributed by atoms with E-state index in [1.54, 1.807) is 0 Å². The Hall–Kier alpha value is -0.860. The van der Waals surface area contributed by atoms with Crippen molar-refractivity contribution < 1.29 is 5.11 Å². The number of nitrogens with two attached hydrogens (primary N) is 1. The number of benzene rings is 1. The Morgan fingerprint density at radius 2 is 1.50 bits per heavy atom. The molecule has 2 nitrogen and oxygen atoms in total. The van der Waals surface area contributed by atoms with E-state index in [9.17, 15) is 0 Å². The first-order valence-electron chi connectivity index (χ1n) is 7.20. The zero-order valence-electron chi connectivity index (χ0n) is 11.1. The maximum absolute atomic E-state index is 8.89. The molecule has 0 radical (unpaired) electrons. The Morgan fingerprint density at radius 3 is 2.06 bits per heavy atom. The summed E-state index contributed by atoms with van der Waals surface area (Å²) < 4.78 is 0. The molecule has 100 valence electrons. The van der Waals surface area contributed by atoms with E-state index >= 15 is 0 Å². The van der Waals surface area contributed by atoms with Crippen molar-refractivity contribution in [2.45, 2.75) is 38.5 Å². The van der Waals surface area contributed by atoms with Gasteiger partial charge in [0.05, 0.1) is 0 Å². The van der Waals surface area contributed by atoms with Gasteiger partial charge < -0.3 is 10.8 Å². The van der Waals surface area contributed by atoms with E-state index in [1.807, 2.05) is 0 Å². The first-order valence-corrected chi connectivity index (χ1v) is 7.20.